The summed E-state index contributed by atoms with van der Waals surface area (Å²) in [4.78, 5) is 125. The maximum atomic E-state index is 15.1. The van der Waals surface area contributed by atoms with E-state index in [9.17, 15) is 89.1 Å². The molecule has 63 heteroatoms. The van der Waals surface area contributed by atoms with E-state index in [-0.39, 0.29) is 9.41 Å². The molecule has 6 rings (SSSR count). The van der Waals surface area contributed by atoms with Crippen molar-refractivity contribution in [3.8, 4) is 0 Å². The first-order chi connectivity index (χ1) is 41.5. The lowest BCUT2D eigenvalue weighted by Gasteiger charge is -2.25. The van der Waals surface area contributed by atoms with Crippen molar-refractivity contribution in [2.75, 3.05) is 25.6 Å². The highest BCUT2D eigenvalue weighted by Gasteiger charge is 2.59. The third kappa shape index (κ3) is 23.7. The standard InChI is InChI=1S/C10H16F2N3O12P3S.C10H15F2N2O13P3S.C10H15F2N2O12P3S2/c1-10(12)6(16)5(25-8(10)15-2-4(11)7(13)14-9(15)31)3-24-29(20,21)27-30(22,23)26-28(17,18)19;1-10(12)6(15)5(25-8(10)14-2-4(11)7(16)13-9(14)31)3-24-29(20,21)27-30(22,23)26-28(17,18)19;1-10(12)6(15)5(24-8(10)14-2-4(11)7(30)13-9(14)31)3-23-28(19,20)26-29(21,22)25-27(16,17)18/h2,5-6,8,16H,3H2,1H3,(H,20,21)(H,22,23)(H2,13,14,31)(H2,17,18,19);2,5-6,8,15H,3H2,1H3,(H,20,21)(H,22,23)(H,13,16,31)(H2,17,18,19);2,5-6,8,15H,3H2,1H3,(H,19,20)(H,21,22)(H,13,30,31)(H2,16,17,18)/t3*5-,6+,8-,10?/m111/s1. The number of aliphatic hydroxyl groups excluding tert-OH is 3. The fraction of sp³-hybridized carbons (Fsp3) is 0.600. The van der Waals surface area contributed by atoms with Crippen LogP contribution >= 0.6 is 119 Å². The van der Waals surface area contributed by atoms with Crippen molar-refractivity contribution in [2.45, 2.75) is 93.1 Å². The summed E-state index contributed by atoms with van der Waals surface area (Å²) in [6.45, 7) is -0.936. The Morgan fingerprint density at radius 2 is 0.774 bits per heavy atom. The summed E-state index contributed by atoms with van der Waals surface area (Å²) in [6.07, 6.45) is -14.9. The molecular weight excluding hydrogens is 1570 g/mol. The van der Waals surface area contributed by atoms with E-state index in [0.717, 1.165) is 25.3 Å². The molecule has 0 aliphatic carbocycles. The normalized spacial score (nSPS) is 30.6. The van der Waals surface area contributed by atoms with Gasteiger partial charge in [-0.15, -0.1) is 0 Å². The molecule has 6 heterocycles. The summed E-state index contributed by atoms with van der Waals surface area (Å²) in [5.41, 5.74) is -3.99. The molecule has 3 aliphatic heterocycles. The molecule has 44 nitrogen and oxygen atoms in total. The van der Waals surface area contributed by atoms with Crippen LogP contribution in [0.3, 0.4) is 0 Å². The Bertz CT molecular complexity index is 3890. The van der Waals surface area contributed by atoms with E-state index in [4.69, 9.17) is 101 Å². The van der Waals surface area contributed by atoms with Crippen LogP contribution in [0.2, 0.25) is 0 Å². The Labute approximate surface area is 530 Å². The first kappa shape index (κ1) is 83.7. The van der Waals surface area contributed by atoms with Crippen molar-refractivity contribution >= 4 is 125 Å². The molecule has 534 valence electrons. The number of nitrogens with zero attached hydrogens (tertiary/aromatic N) is 4. The summed E-state index contributed by atoms with van der Waals surface area (Å²) >= 11 is 19.2. The molecule has 19 N–H and O–H groups in total. The van der Waals surface area contributed by atoms with Gasteiger partial charge in [0.05, 0.1) is 26.0 Å². The maximum absolute atomic E-state index is 15.1. The lowest BCUT2D eigenvalue weighted by Crippen LogP contribution is -2.41. The van der Waals surface area contributed by atoms with Gasteiger partial charge in [-0.3, -0.25) is 37.1 Å². The molecule has 0 spiro atoms. The summed E-state index contributed by atoms with van der Waals surface area (Å²) in [5, 5.41) is 30.4. The van der Waals surface area contributed by atoms with Crippen LogP contribution in [-0.4, -0.2) is 176 Å². The molecule has 0 saturated carbocycles. The van der Waals surface area contributed by atoms with E-state index in [1.54, 1.807) is 0 Å². The lowest BCUT2D eigenvalue weighted by molar-refractivity contribution is -0.0599. The summed E-state index contributed by atoms with van der Waals surface area (Å²) in [5.74, 6) is -4.02. The smallest absolute Gasteiger partial charge is 0.387 e. The third-order valence-electron chi connectivity index (χ3n) is 11.1. The van der Waals surface area contributed by atoms with Crippen LogP contribution in [0.5, 0.6) is 0 Å². The van der Waals surface area contributed by atoms with Gasteiger partial charge in [-0.1, -0.05) is 12.2 Å². The topological polar surface area (TPSA) is 670 Å². The number of phosphoric acid groups is 9. The molecule has 9 unspecified atom stereocenters. The van der Waals surface area contributed by atoms with Gasteiger partial charge in [0.2, 0.25) is 10.6 Å². The quantitative estimate of drug-likeness (QED) is 0.0348. The number of nitrogen functional groups attached to an aromatic ring is 1. The highest BCUT2D eigenvalue weighted by atomic mass is 32.1. The van der Waals surface area contributed by atoms with Gasteiger partial charge in [-0.05, 0) is 57.4 Å². The number of nitrogens with one attached hydrogen (secondary N) is 2. The number of phosphoric ester groups is 3. The number of ether oxygens (including phenoxy) is 3. The number of hydrogen-bond acceptors (Lipinski definition) is 31. The summed E-state index contributed by atoms with van der Waals surface area (Å²) < 4.78 is 237. The number of halogens is 6. The number of aromatic amines is 2. The van der Waals surface area contributed by atoms with Crippen LogP contribution in [0.1, 0.15) is 39.5 Å². The van der Waals surface area contributed by atoms with E-state index < -0.39 is 201 Å². The zero-order valence-corrected chi connectivity index (χ0v) is 56.3. The number of hydrogen-bond donors (Lipinski definition) is 18. The Morgan fingerprint density at radius 1 is 0.495 bits per heavy atom. The average molecular weight is 1620 g/mol. The van der Waals surface area contributed by atoms with Crippen LogP contribution in [0.4, 0.5) is 32.2 Å². The molecule has 0 bridgehead atoms. The zero-order valence-electron chi connectivity index (χ0n) is 45.0. The fourth-order valence-corrected chi connectivity index (χ4v) is 17.4. The van der Waals surface area contributed by atoms with Crippen LogP contribution in [0.15, 0.2) is 23.4 Å². The molecule has 3 fully saturated rings. The monoisotopic (exact) mass is 1620 g/mol. The largest absolute Gasteiger partial charge is 0.490 e. The Morgan fingerprint density at radius 3 is 1.09 bits per heavy atom. The molecule has 18 atom stereocenters. The second-order valence-electron chi connectivity index (χ2n) is 18.5. The van der Waals surface area contributed by atoms with E-state index in [1.807, 2.05) is 4.98 Å². The number of rotatable bonds is 24. The summed E-state index contributed by atoms with van der Waals surface area (Å²) in [6, 6.07) is 0. The number of anilines is 1. The minimum atomic E-state index is -5.79. The molecule has 0 amide bonds. The Hall–Kier alpha value is -1.71. The summed E-state index contributed by atoms with van der Waals surface area (Å²) in [7, 11) is -50.8. The van der Waals surface area contributed by atoms with Gasteiger partial charge in [0.15, 0.2) is 62.7 Å². The molecule has 0 radical (unpaired) electrons. The van der Waals surface area contributed by atoms with E-state index in [0.29, 0.717) is 27.7 Å². The molecule has 93 heavy (non-hydrogen) atoms. The van der Waals surface area contributed by atoms with Crippen molar-refractivity contribution < 1.29 is 195 Å². The van der Waals surface area contributed by atoms with Crippen molar-refractivity contribution in [2.24, 2.45) is 0 Å². The highest BCUT2D eigenvalue weighted by Crippen LogP contribution is 2.69. The molecule has 3 aromatic heterocycles. The van der Waals surface area contributed by atoms with Gasteiger partial charge < -0.3 is 99.0 Å². The van der Waals surface area contributed by atoms with Gasteiger partial charge in [0.25, 0.3) is 5.56 Å². The predicted octanol–water partition coefficient (Wildman–Crippen LogP) is 2.78. The molecule has 0 aromatic carbocycles. The van der Waals surface area contributed by atoms with Crippen LogP contribution in [0, 0.1) is 36.4 Å². The lowest BCUT2D eigenvalue weighted by atomic mass is 9.98. The minimum Gasteiger partial charge on any atom is -0.387 e. The number of nitrogens with two attached hydrogens (primary N) is 1. The van der Waals surface area contributed by atoms with Crippen LogP contribution < -0.4 is 11.3 Å². The van der Waals surface area contributed by atoms with E-state index >= 15 is 13.2 Å². The van der Waals surface area contributed by atoms with E-state index in [2.05, 4.69) is 61.6 Å². The SMILES string of the molecule is CC1(F)[C@@H](O)[C@@H](COP(=O)(O)OP(=O)(O)OP(=O)(O)O)O[C@H]1n1cc(F)c(=O)[nH]c1=S.CC1(F)[C@@H](O)[C@@H](COP(=O)(O)OP(=O)(O)OP(=O)(O)O)O[C@H]1n1cc(F)c(=S)[nH]c1=S.CC1(F)[C@@H](O)[C@@H](COP(=O)(O)OP(=O)(O)OP(=O)(O)O)O[C@H]1n1cc(F)c(N)nc1=S. The van der Waals surface area contributed by atoms with Gasteiger partial charge in [-0.25, -0.2) is 63.0 Å². The van der Waals surface area contributed by atoms with E-state index in [1.165, 1.54) is 0 Å². The van der Waals surface area contributed by atoms with Gasteiger partial charge in [0.1, 0.15) is 41.3 Å². The maximum Gasteiger partial charge on any atom is 0.490 e. The second kappa shape index (κ2) is 30.2. The van der Waals surface area contributed by atoms with Gasteiger partial charge >= 0.3 is 70.4 Å². The molecule has 3 aromatic rings. The first-order valence-corrected chi connectivity index (χ1v) is 38.2. The van der Waals surface area contributed by atoms with Crippen LogP contribution in [-0.2, 0) is 94.7 Å². The molecule has 3 saturated heterocycles. The first-order valence-electron chi connectivity index (χ1n) is 23.0. The average Bonchev–Trinajstić information content (AvgIpc) is 1.64. The third-order valence-corrected chi connectivity index (χ3v) is 23.8. The van der Waals surface area contributed by atoms with Crippen molar-refractivity contribution in [1.29, 1.82) is 0 Å². The van der Waals surface area contributed by atoms with Gasteiger partial charge in [0, 0.05) is 12.4 Å². The second-order valence-corrected chi connectivity index (χ2v) is 33.3. The van der Waals surface area contributed by atoms with Gasteiger partial charge in [-0.2, -0.15) is 35.2 Å². The van der Waals surface area contributed by atoms with Crippen molar-refractivity contribution in [1.82, 2.24) is 28.7 Å². The minimum absolute atomic E-state index is 0.277. The highest BCUT2D eigenvalue weighted by molar-refractivity contribution is 7.72. The van der Waals surface area contributed by atoms with Crippen molar-refractivity contribution in [3.05, 3.63) is 65.3 Å². The number of aromatic nitrogens is 6. The fourth-order valence-electron chi connectivity index (χ4n) is 7.36. The molecular formula is C30H46F6N7O37P9S4. The predicted molar refractivity (Wildman–Crippen MR) is 291 cm³/mol. The van der Waals surface area contributed by atoms with Crippen LogP contribution in [0.25, 0.3) is 0 Å². The number of aliphatic hydroxyl groups is 3. The zero-order chi connectivity index (χ0) is 72.0. The Balaban J connectivity index is 0.000000297. The van der Waals surface area contributed by atoms with Crippen molar-refractivity contribution in [3.63, 3.8) is 0 Å². The number of alkyl halides is 3. The Kier molecular flexibility index (Phi) is 27.2. The number of H-pyrrole nitrogens is 2. The molecule has 3 aliphatic rings.